The summed E-state index contributed by atoms with van der Waals surface area (Å²) >= 11 is 0. The van der Waals surface area contributed by atoms with Crippen LogP contribution < -0.4 is 4.90 Å². The molecule has 0 N–H and O–H groups in total. The molecule has 1 heterocycles. The number of esters is 1. The molecular formula is C14H17NO3. The molecule has 1 aromatic carbocycles. The van der Waals surface area contributed by atoms with Crippen molar-refractivity contribution in [2.45, 2.75) is 20.3 Å². The van der Waals surface area contributed by atoms with Crippen molar-refractivity contribution in [2.75, 3.05) is 18.1 Å². The van der Waals surface area contributed by atoms with Crippen LogP contribution in [0.25, 0.3) is 0 Å². The van der Waals surface area contributed by atoms with Crippen LogP contribution >= 0.6 is 0 Å². The van der Waals surface area contributed by atoms with Gasteiger partial charge in [0, 0.05) is 12.2 Å². The first-order valence-electron chi connectivity index (χ1n) is 6.18. The van der Waals surface area contributed by atoms with Crippen LogP contribution in [0.3, 0.4) is 0 Å². The molecule has 0 bridgehead atoms. The minimum atomic E-state index is -0.635. The van der Waals surface area contributed by atoms with E-state index in [1.54, 1.807) is 11.8 Å². The Hall–Kier alpha value is -1.84. The molecule has 1 aliphatic heterocycles. The van der Waals surface area contributed by atoms with Crippen molar-refractivity contribution in [3.8, 4) is 0 Å². The fourth-order valence-corrected chi connectivity index (χ4v) is 2.25. The molecule has 1 atom stereocenters. The molecule has 2 rings (SSSR count). The van der Waals surface area contributed by atoms with Gasteiger partial charge in [0.1, 0.15) is 5.92 Å². The standard InChI is InChI=1S/C14H17NO3/c1-3-18-14(17)11-8-9-15(13(11)16)12-7-5-4-6-10(12)2/h4-7,11H,3,8-9H2,1-2H3. The minimum Gasteiger partial charge on any atom is -0.465 e. The van der Waals surface area contributed by atoms with Crippen LogP contribution in [0, 0.1) is 12.8 Å². The van der Waals surface area contributed by atoms with E-state index in [4.69, 9.17) is 4.74 Å². The molecule has 0 aromatic heterocycles. The van der Waals surface area contributed by atoms with Crippen molar-refractivity contribution in [1.29, 1.82) is 0 Å². The zero-order valence-electron chi connectivity index (χ0n) is 10.7. The van der Waals surface area contributed by atoms with Gasteiger partial charge in [-0.3, -0.25) is 9.59 Å². The van der Waals surface area contributed by atoms with E-state index in [0.29, 0.717) is 19.6 Å². The van der Waals surface area contributed by atoms with Gasteiger partial charge in [-0.05, 0) is 31.9 Å². The van der Waals surface area contributed by atoms with Crippen molar-refractivity contribution in [2.24, 2.45) is 5.92 Å². The van der Waals surface area contributed by atoms with Gasteiger partial charge in [0.05, 0.1) is 6.61 Å². The zero-order chi connectivity index (χ0) is 13.1. The first-order chi connectivity index (χ1) is 8.65. The quantitative estimate of drug-likeness (QED) is 0.605. The van der Waals surface area contributed by atoms with Crippen LogP contribution in [-0.2, 0) is 14.3 Å². The lowest BCUT2D eigenvalue weighted by atomic mass is 10.1. The summed E-state index contributed by atoms with van der Waals surface area (Å²) < 4.78 is 4.92. The molecule has 1 amide bonds. The molecule has 0 radical (unpaired) electrons. The summed E-state index contributed by atoms with van der Waals surface area (Å²) in [4.78, 5) is 25.5. The highest BCUT2D eigenvalue weighted by atomic mass is 16.5. The Labute approximate surface area is 107 Å². The van der Waals surface area contributed by atoms with Crippen molar-refractivity contribution in [3.05, 3.63) is 29.8 Å². The Bertz CT molecular complexity index is 470. The fraction of sp³-hybridized carbons (Fsp3) is 0.429. The van der Waals surface area contributed by atoms with Crippen LogP contribution in [0.4, 0.5) is 5.69 Å². The van der Waals surface area contributed by atoms with Crippen molar-refractivity contribution >= 4 is 17.6 Å². The van der Waals surface area contributed by atoms with E-state index >= 15 is 0 Å². The average molecular weight is 247 g/mol. The Morgan fingerprint density at radius 2 is 2.17 bits per heavy atom. The van der Waals surface area contributed by atoms with Gasteiger partial charge in [-0.15, -0.1) is 0 Å². The highest BCUT2D eigenvalue weighted by molar-refractivity contribution is 6.08. The molecular weight excluding hydrogens is 230 g/mol. The highest BCUT2D eigenvalue weighted by Crippen LogP contribution is 2.28. The SMILES string of the molecule is CCOC(=O)C1CCN(c2ccccc2C)C1=O. The molecule has 0 saturated carbocycles. The third-order valence-electron chi connectivity index (χ3n) is 3.18. The van der Waals surface area contributed by atoms with Gasteiger partial charge in [0.25, 0.3) is 0 Å². The molecule has 0 aliphatic carbocycles. The second-order valence-electron chi connectivity index (χ2n) is 4.37. The summed E-state index contributed by atoms with van der Waals surface area (Å²) in [5.41, 5.74) is 1.92. The van der Waals surface area contributed by atoms with Crippen molar-refractivity contribution in [3.63, 3.8) is 0 Å². The lowest BCUT2D eigenvalue weighted by Crippen LogP contribution is -2.31. The summed E-state index contributed by atoms with van der Waals surface area (Å²) in [6.45, 7) is 4.59. The topological polar surface area (TPSA) is 46.6 Å². The Morgan fingerprint density at radius 1 is 1.44 bits per heavy atom. The summed E-state index contributed by atoms with van der Waals surface area (Å²) in [5.74, 6) is -1.19. The maximum Gasteiger partial charge on any atom is 0.318 e. The predicted octanol–water partition coefficient (Wildman–Crippen LogP) is 1.91. The van der Waals surface area contributed by atoms with Gasteiger partial charge in [-0.1, -0.05) is 18.2 Å². The molecule has 0 spiro atoms. The van der Waals surface area contributed by atoms with Crippen molar-refractivity contribution in [1.82, 2.24) is 0 Å². The number of rotatable bonds is 3. The number of carbonyl (C=O) groups excluding carboxylic acids is 2. The van der Waals surface area contributed by atoms with Crippen LogP contribution in [-0.4, -0.2) is 25.0 Å². The first kappa shape index (κ1) is 12.6. The van der Waals surface area contributed by atoms with Crippen LogP contribution in [0.1, 0.15) is 18.9 Å². The van der Waals surface area contributed by atoms with E-state index < -0.39 is 11.9 Å². The maximum absolute atomic E-state index is 12.2. The molecule has 4 heteroatoms. The number of hydrogen-bond donors (Lipinski definition) is 0. The zero-order valence-corrected chi connectivity index (χ0v) is 10.7. The van der Waals surface area contributed by atoms with Gasteiger partial charge in [0.15, 0.2) is 0 Å². The number of anilines is 1. The number of aryl methyl sites for hydroxylation is 1. The third-order valence-corrected chi connectivity index (χ3v) is 3.18. The van der Waals surface area contributed by atoms with Gasteiger partial charge in [-0.25, -0.2) is 0 Å². The third kappa shape index (κ3) is 2.23. The van der Waals surface area contributed by atoms with E-state index in [-0.39, 0.29) is 5.91 Å². The summed E-state index contributed by atoms with van der Waals surface area (Å²) in [7, 11) is 0. The average Bonchev–Trinajstić information content (AvgIpc) is 2.72. The minimum absolute atomic E-state index is 0.150. The first-order valence-corrected chi connectivity index (χ1v) is 6.18. The molecule has 4 nitrogen and oxygen atoms in total. The van der Waals surface area contributed by atoms with Crippen LogP contribution in [0.15, 0.2) is 24.3 Å². The van der Waals surface area contributed by atoms with Gasteiger partial charge in [0.2, 0.25) is 5.91 Å². The van der Waals surface area contributed by atoms with Gasteiger partial charge >= 0.3 is 5.97 Å². The number of amides is 1. The molecule has 1 aromatic rings. The van der Waals surface area contributed by atoms with Crippen LogP contribution in [0.2, 0.25) is 0 Å². The van der Waals surface area contributed by atoms with Crippen LogP contribution in [0.5, 0.6) is 0 Å². The number of carbonyl (C=O) groups is 2. The summed E-state index contributed by atoms with van der Waals surface area (Å²) in [6, 6.07) is 7.69. The lowest BCUT2D eigenvalue weighted by molar-refractivity contribution is -0.150. The monoisotopic (exact) mass is 247 g/mol. The smallest absolute Gasteiger partial charge is 0.318 e. The van der Waals surface area contributed by atoms with E-state index in [9.17, 15) is 9.59 Å². The Morgan fingerprint density at radius 3 is 2.83 bits per heavy atom. The number of para-hydroxylation sites is 1. The van der Waals surface area contributed by atoms with Gasteiger partial charge in [-0.2, -0.15) is 0 Å². The highest BCUT2D eigenvalue weighted by Gasteiger charge is 2.38. The van der Waals surface area contributed by atoms with E-state index in [2.05, 4.69) is 0 Å². The number of ether oxygens (including phenoxy) is 1. The summed E-state index contributed by atoms with van der Waals surface area (Å²) in [6.07, 6.45) is 0.534. The van der Waals surface area contributed by atoms with Gasteiger partial charge < -0.3 is 9.64 Å². The van der Waals surface area contributed by atoms with E-state index in [1.165, 1.54) is 0 Å². The predicted molar refractivity (Wildman–Crippen MR) is 68.3 cm³/mol. The van der Waals surface area contributed by atoms with E-state index in [0.717, 1.165) is 11.3 Å². The second-order valence-corrected chi connectivity index (χ2v) is 4.37. The number of hydrogen-bond acceptors (Lipinski definition) is 3. The van der Waals surface area contributed by atoms with Crippen molar-refractivity contribution < 1.29 is 14.3 Å². The maximum atomic E-state index is 12.2. The second kappa shape index (κ2) is 5.21. The number of benzene rings is 1. The number of nitrogens with zero attached hydrogens (tertiary/aromatic N) is 1. The molecule has 1 unspecified atom stereocenters. The lowest BCUT2D eigenvalue weighted by Gasteiger charge is -2.18. The molecule has 1 fully saturated rings. The van der Waals surface area contributed by atoms with E-state index in [1.807, 2.05) is 31.2 Å². The normalized spacial score (nSPS) is 19.1. The molecule has 1 saturated heterocycles. The largest absolute Gasteiger partial charge is 0.465 e. The summed E-state index contributed by atoms with van der Waals surface area (Å²) in [5, 5.41) is 0. The molecule has 96 valence electrons. The Balaban J connectivity index is 2.17. The molecule has 1 aliphatic rings. The molecule has 18 heavy (non-hydrogen) atoms. The Kier molecular flexibility index (Phi) is 3.65. The fourth-order valence-electron chi connectivity index (χ4n) is 2.25.